The van der Waals surface area contributed by atoms with Gasteiger partial charge in [-0.2, -0.15) is 4.40 Å². The van der Waals surface area contributed by atoms with E-state index in [4.69, 9.17) is 9.47 Å². The van der Waals surface area contributed by atoms with Crippen LogP contribution in [0.3, 0.4) is 0 Å². The van der Waals surface area contributed by atoms with Crippen LogP contribution in [0.25, 0.3) is 10.4 Å². The first-order valence-electron chi connectivity index (χ1n) is 14.3. The third-order valence-corrected chi connectivity index (χ3v) is 10.5. The van der Waals surface area contributed by atoms with Crippen LogP contribution in [0, 0.1) is 11.8 Å². The Bertz CT molecular complexity index is 1560. The number of nitrogens with zero attached hydrogens (tertiary/aromatic N) is 5. The van der Waals surface area contributed by atoms with Crippen LogP contribution in [-0.2, 0) is 23.9 Å². The number of ether oxygens (including phenoxy) is 2. The van der Waals surface area contributed by atoms with Gasteiger partial charge in [0.25, 0.3) is 6.33 Å². The van der Waals surface area contributed by atoms with Crippen LogP contribution in [-0.4, -0.2) is 106 Å². The summed E-state index contributed by atoms with van der Waals surface area (Å²) in [5.74, 6) is -1.88. The normalized spacial score (nSPS) is 25.1. The van der Waals surface area contributed by atoms with Crippen LogP contribution in [0.1, 0.15) is 31.2 Å². The van der Waals surface area contributed by atoms with Gasteiger partial charge in [0.15, 0.2) is 0 Å². The molecular weight excluding hydrogens is 606 g/mol. The van der Waals surface area contributed by atoms with Gasteiger partial charge in [0.05, 0.1) is 29.5 Å². The number of amides is 3. The molecule has 236 valence electrons. The zero-order chi connectivity index (χ0) is 32.0. The average molecular weight is 645 g/mol. The van der Waals surface area contributed by atoms with Crippen LogP contribution in [0.5, 0.6) is 0 Å². The minimum Gasteiger partial charge on any atom is -0.457 e. The fourth-order valence-corrected chi connectivity index (χ4v) is 8.76. The molecule has 0 radical (unpaired) electrons. The Balaban J connectivity index is 1.52. The van der Waals surface area contributed by atoms with Crippen molar-refractivity contribution in [2.45, 2.75) is 49.5 Å². The van der Waals surface area contributed by atoms with E-state index in [2.05, 4.69) is 17.7 Å². The fourth-order valence-electron chi connectivity index (χ4n) is 6.53. The number of likely N-dealkylation sites (N-methyl/N-ethyl adjacent to an activating group) is 1. The summed E-state index contributed by atoms with van der Waals surface area (Å²) in [6.07, 6.45) is 7.82. The maximum Gasteiger partial charge on any atom is 0.410 e. The van der Waals surface area contributed by atoms with Crippen LogP contribution < -0.4 is 4.57 Å². The number of aromatic nitrogens is 2. The average Bonchev–Trinajstić information content (AvgIpc) is 3.72. The van der Waals surface area contributed by atoms with Gasteiger partial charge >= 0.3 is 12.1 Å². The van der Waals surface area contributed by atoms with Gasteiger partial charge in [-0.25, -0.2) is 14.2 Å². The number of hydrogen-bond donors (Lipinski definition) is 1. The first-order chi connectivity index (χ1) is 21.0. The topological polar surface area (TPSA) is 125 Å². The molecular formula is C30H38N5O7S2+. The molecule has 0 aliphatic carbocycles. The molecule has 5 heterocycles. The highest BCUT2D eigenvalue weighted by Crippen LogP contribution is 2.52. The van der Waals surface area contributed by atoms with E-state index in [1.54, 1.807) is 32.8 Å². The monoisotopic (exact) mass is 644 g/mol. The lowest BCUT2D eigenvalue weighted by Crippen LogP contribution is -2.63. The second-order valence-corrected chi connectivity index (χ2v) is 13.2. The summed E-state index contributed by atoms with van der Waals surface area (Å²) in [5, 5.41) is 11.3. The quantitative estimate of drug-likeness (QED) is 0.137. The minimum atomic E-state index is -0.847. The van der Waals surface area contributed by atoms with E-state index in [9.17, 15) is 24.3 Å². The minimum absolute atomic E-state index is 0.0101. The molecule has 1 N–H and O–H groups in total. The number of likely N-dealkylation sites (tertiary alicyclic amines) is 1. The largest absolute Gasteiger partial charge is 0.457 e. The number of carbonyl (C=O) groups is 4. The molecule has 3 amide bonds. The second-order valence-electron chi connectivity index (χ2n) is 11.4. The highest BCUT2D eigenvalue weighted by atomic mass is 32.2. The van der Waals surface area contributed by atoms with E-state index in [1.165, 1.54) is 38.2 Å². The molecule has 3 aliphatic heterocycles. The summed E-state index contributed by atoms with van der Waals surface area (Å²) >= 11 is 3.03. The van der Waals surface area contributed by atoms with Crippen molar-refractivity contribution in [3.63, 3.8) is 0 Å². The molecule has 0 saturated carbocycles. The van der Waals surface area contributed by atoms with Crippen LogP contribution >= 0.6 is 23.1 Å². The van der Waals surface area contributed by atoms with Crippen LogP contribution in [0.4, 0.5) is 4.79 Å². The highest BCUT2D eigenvalue weighted by Gasteiger charge is 2.60. The number of rotatable bonds is 10. The molecule has 6 atom stereocenters. The van der Waals surface area contributed by atoms with E-state index < -0.39 is 30.1 Å². The Kier molecular flexibility index (Phi) is 8.96. The molecule has 3 aliphatic rings. The molecule has 0 spiro atoms. The Morgan fingerprint density at radius 3 is 2.55 bits per heavy atom. The predicted octanol–water partition coefficient (Wildman–Crippen LogP) is 2.33. The Morgan fingerprint density at radius 1 is 1.25 bits per heavy atom. The summed E-state index contributed by atoms with van der Waals surface area (Å²) in [6.45, 7) is 11.1. The van der Waals surface area contributed by atoms with E-state index in [0.717, 1.165) is 14.7 Å². The number of hydrogen-bond acceptors (Lipinski definition) is 9. The van der Waals surface area contributed by atoms with Gasteiger partial charge in [-0.1, -0.05) is 55.3 Å². The second kappa shape index (κ2) is 12.4. The van der Waals surface area contributed by atoms with E-state index in [0.29, 0.717) is 18.5 Å². The zero-order valence-corrected chi connectivity index (χ0v) is 27.1. The molecule has 44 heavy (non-hydrogen) atoms. The number of aliphatic hydroxyl groups is 1. The predicted molar refractivity (Wildman–Crippen MR) is 165 cm³/mol. The first-order valence-corrected chi connectivity index (χ1v) is 16.4. The third kappa shape index (κ3) is 5.12. The van der Waals surface area contributed by atoms with Gasteiger partial charge in [-0.3, -0.25) is 14.5 Å². The maximum atomic E-state index is 13.3. The number of aliphatic hydroxyl groups excluding tert-OH is 1. The van der Waals surface area contributed by atoms with Gasteiger partial charge in [0.1, 0.15) is 37.2 Å². The van der Waals surface area contributed by atoms with Crippen molar-refractivity contribution in [1.82, 2.24) is 19.1 Å². The van der Waals surface area contributed by atoms with Crippen molar-refractivity contribution in [3.8, 4) is 0 Å². The molecule has 2 aromatic rings. The lowest BCUT2D eigenvalue weighted by molar-refractivity contribution is -0.751. The number of β-lactam (4-membered cyclic amide) rings is 1. The zero-order valence-electron chi connectivity index (χ0n) is 25.5. The number of fused-ring (bicyclic) bond motifs is 2. The van der Waals surface area contributed by atoms with Gasteiger partial charge in [0.2, 0.25) is 21.7 Å². The van der Waals surface area contributed by atoms with Crippen molar-refractivity contribution in [2.24, 2.45) is 11.8 Å². The standard InChI is InChI=1S/C30H38N5O7S2/c1-8-10-41-29(39)24-21(16(3)23-22(17(4)36)26(38)35(23)24)20-14-32-15-34(28(43-7)27(32)44-20)18-12-19(25(37)31(5)6)33(13-18)30(40)42-11-9-2/h8-9,14-19,22-23,36H,1-2,10-13H2,3-7H3/q+1/t16-,17+,18-,19-,22+,23+/m0/s1. The molecule has 0 unspecified atom stereocenters. The Hall–Kier alpha value is -3.62. The lowest BCUT2D eigenvalue weighted by Gasteiger charge is -2.46. The van der Waals surface area contributed by atoms with Crippen LogP contribution in [0.15, 0.2) is 48.6 Å². The smallest absolute Gasteiger partial charge is 0.410 e. The van der Waals surface area contributed by atoms with Gasteiger partial charge in [-0.05, 0) is 13.2 Å². The van der Waals surface area contributed by atoms with E-state index in [1.807, 2.05) is 30.1 Å². The molecule has 2 aromatic heterocycles. The van der Waals surface area contributed by atoms with Crippen molar-refractivity contribution >= 4 is 57.4 Å². The summed E-state index contributed by atoms with van der Waals surface area (Å²) in [4.78, 5) is 58.5. The molecule has 12 nitrogen and oxygen atoms in total. The Morgan fingerprint density at radius 2 is 1.93 bits per heavy atom. The first kappa shape index (κ1) is 31.8. The molecule has 5 rings (SSSR count). The summed E-state index contributed by atoms with van der Waals surface area (Å²) in [5.41, 5.74) is 0.922. The highest BCUT2D eigenvalue weighted by molar-refractivity contribution is 7.98. The number of esters is 1. The molecule has 2 saturated heterocycles. The number of thioether (sulfide) groups is 1. The fraction of sp³-hybridized carbons (Fsp3) is 0.500. The van der Waals surface area contributed by atoms with Gasteiger partial charge < -0.3 is 24.4 Å². The lowest BCUT2D eigenvalue weighted by atomic mass is 9.77. The molecule has 0 aromatic carbocycles. The summed E-state index contributed by atoms with van der Waals surface area (Å²) < 4.78 is 14.8. The van der Waals surface area contributed by atoms with Crippen LogP contribution in [0.2, 0.25) is 0 Å². The number of carbonyl (C=O) groups excluding carboxylic acids is 4. The number of thiazole rings is 1. The number of imidazole rings is 1. The van der Waals surface area contributed by atoms with Crippen molar-refractivity contribution in [1.29, 1.82) is 0 Å². The van der Waals surface area contributed by atoms with Crippen molar-refractivity contribution < 1.29 is 38.3 Å². The van der Waals surface area contributed by atoms with Crippen molar-refractivity contribution in [2.75, 3.05) is 40.1 Å². The maximum absolute atomic E-state index is 13.3. The van der Waals surface area contributed by atoms with E-state index >= 15 is 0 Å². The van der Waals surface area contributed by atoms with Crippen molar-refractivity contribution in [3.05, 3.63) is 48.4 Å². The summed E-state index contributed by atoms with van der Waals surface area (Å²) in [6, 6.07) is -1.19. The molecule has 0 bridgehead atoms. The molecule has 2 fully saturated rings. The summed E-state index contributed by atoms with van der Waals surface area (Å²) in [7, 11) is 3.33. The third-order valence-electron chi connectivity index (χ3n) is 8.48. The van der Waals surface area contributed by atoms with E-state index in [-0.39, 0.29) is 48.7 Å². The SMILES string of the molecule is C=CCOC(=O)C1=C(c2cn3c[n+]([C@H]4C[C@@H](C(=O)N(C)C)N(C(=O)OCC=C)C4)c(SC)c3s2)[C@H](C)[C@@H]2[C@@H]([C@@H](C)O)C(=O)N12. The molecule has 14 heteroatoms. The van der Waals surface area contributed by atoms with Gasteiger partial charge in [0, 0.05) is 32.0 Å². The van der Waals surface area contributed by atoms with Gasteiger partial charge in [-0.15, -0.1) is 0 Å². The Labute approximate surface area is 264 Å².